The van der Waals surface area contributed by atoms with Gasteiger partial charge in [0.05, 0.1) is 12.2 Å². The number of hydrogen-bond donors (Lipinski definition) is 3. The van der Waals surface area contributed by atoms with Gasteiger partial charge in [-0.2, -0.15) is 0 Å². The lowest BCUT2D eigenvalue weighted by Crippen LogP contribution is -2.58. The molecule has 4 nitrogen and oxygen atoms in total. The molecule has 0 aliphatic heterocycles. The Kier molecular flexibility index (Phi) is 5.36. The van der Waals surface area contributed by atoms with Crippen LogP contribution in [0.3, 0.4) is 0 Å². The van der Waals surface area contributed by atoms with Crippen LogP contribution in [0.1, 0.15) is 85.0 Å². The molecule has 4 aliphatic rings. The smallest absolute Gasteiger partial charge is 0.303 e. The number of aliphatic hydroxyl groups excluding tert-OH is 2. The molecule has 4 fully saturated rings. The number of rotatable bonds is 4. The second-order valence-corrected chi connectivity index (χ2v) is 11.4. The SMILES string of the molecule is C[C@@H](CCC(=O)O)[C@@H]1CC[C@@H]2[C@H]3[C@H](O)C[C@@H]4C[C@@H](O)CC[C@@]4(C)[C@H]3CC[C@]21C. The molecular weight excluding hydrogens is 352 g/mol. The van der Waals surface area contributed by atoms with Crippen molar-refractivity contribution in [3.63, 3.8) is 0 Å². The van der Waals surface area contributed by atoms with Crippen molar-refractivity contribution in [3.8, 4) is 0 Å². The fourth-order valence-electron chi connectivity index (χ4n) is 8.73. The van der Waals surface area contributed by atoms with Crippen molar-refractivity contribution in [2.75, 3.05) is 0 Å². The third-order valence-corrected chi connectivity index (χ3v) is 10.2. The Morgan fingerprint density at radius 2 is 1.68 bits per heavy atom. The summed E-state index contributed by atoms with van der Waals surface area (Å²) in [4.78, 5) is 11.1. The van der Waals surface area contributed by atoms with Gasteiger partial charge in [-0.15, -0.1) is 0 Å². The van der Waals surface area contributed by atoms with Gasteiger partial charge in [-0.05, 0) is 104 Å². The third kappa shape index (κ3) is 3.14. The van der Waals surface area contributed by atoms with Crippen LogP contribution in [0.15, 0.2) is 0 Å². The van der Waals surface area contributed by atoms with E-state index in [-0.39, 0.29) is 29.5 Å². The Balaban J connectivity index is 1.55. The second-order valence-electron chi connectivity index (χ2n) is 11.4. The van der Waals surface area contributed by atoms with E-state index >= 15 is 0 Å². The van der Waals surface area contributed by atoms with Crippen molar-refractivity contribution in [2.45, 2.75) is 97.2 Å². The van der Waals surface area contributed by atoms with Crippen molar-refractivity contribution in [3.05, 3.63) is 0 Å². The molecule has 160 valence electrons. The highest BCUT2D eigenvalue weighted by Crippen LogP contribution is 2.68. The number of aliphatic hydroxyl groups is 2. The molecule has 0 spiro atoms. The number of carboxylic acid groups (broad SMARTS) is 1. The number of fused-ring (bicyclic) bond motifs is 5. The van der Waals surface area contributed by atoms with Gasteiger partial charge in [0.25, 0.3) is 0 Å². The monoisotopic (exact) mass is 392 g/mol. The van der Waals surface area contributed by atoms with Crippen LogP contribution < -0.4 is 0 Å². The molecule has 3 N–H and O–H groups in total. The molecule has 0 radical (unpaired) electrons. The first-order valence-electron chi connectivity index (χ1n) is 11.7. The maximum Gasteiger partial charge on any atom is 0.303 e. The predicted octanol–water partition coefficient (Wildman–Crippen LogP) is 4.48. The molecule has 10 atom stereocenters. The van der Waals surface area contributed by atoms with Crippen LogP contribution in [0.2, 0.25) is 0 Å². The van der Waals surface area contributed by atoms with Crippen LogP contribution in [0.4, 0.5) is 0 Å². The quantitative estimate of drug-likeness (QED) is 0.659. The lowest BCUT2D eigenvalue weighted by atomic mass is 9.43. The van der Waals surface area contributed by atoms with E-state index in [1.165, 1.54) is 25.7 Å². The molecule has 4 heteroatoms. The maximum absolute atomic E-state index is 11.2. The van der Waals surface area contributed by atoms with Gasteiger partial charge in [0.1, 0.15) is 0 Å². The average Bonchev–Trinajstić information content (AvgIpc) is 2.98. The highest BCUT2D eigenvalue weighted by atomic mass is 16.4. The molecule has 0 aromatic rings. The average molecular weight is 393 g/mol. The zero-order valence-corrected chi connectivity index (χ0v) is 17.9. The molecule has 0 aromatic heterocycles. The lowest BCUT2D eigenvalue weighted by molar-refractivity contribution is -0.174. The molecule has 28 heavy (non-hydrogen) atoms. The van der Waals surface area contributed by atoms with Gasteiger partial charge in [-0.1, -0.05) is 20.8 Å². The fraction of sp³-hybridized carbons (Fsp3) is 0.958. The number of hydrogen-bond acceptors (Lipinski definition) is 3. The van der Waals surface area contributed by atoms with Gasteiger partial charge in [0.2, 0.25) is 0 Å². The van der Waals surface area contributed by atoms with Crippen LogP contribution in [-0.2, 0) is 4.79 Å². The minimum absolute atomic E-state index is 0.179. The second kappa shape index (κ2) is 7.27. The van der Waals surface area contributed by atoms with Crippen LogP contribution >= 0.6 is 0 Å². The zero-order valence-electron chi connectivity index (χ0n) is 17.9. The Bertz CT molecular complexity index is 605. The first-order valence-corrected chi connectivity index (χ1v) is 11.7. The highest BCUT2D eigenvalue weighted by molar-refractivity contribution is 5.66. The molecule has 4 aliphatic carbocycles. The standard InChI is InChI=1S/C24H40O4/c1-14(4-7-21(27)28)17-5-6-18-22-19(9-11-24(17,18)3)23(2)10-8-16(25)12-15(23)13-20(22)26/h14-20,22,25-26H,4-13H2,1-3H3,(H,27,28)/t14-,15-,16-,17-,18+,19-,20+,22+,23+,24-/m0/s1. The van der Waals surface area contributed by atoms with E-state index in [9.17, 15) is 15.0 Å². The highest BCUT2D eigenvalue weighted by Gasteiger charge is 2.62. The molecule has 0 unspecified atom stereocenters. The van der Waals surface area contributed by atoms with Crippen LogP contribution in [-0.4, -0.2) is 33.5 Å². The van der Waals surface area contributed by atoms with E-state index in [0.717, 1.165) is 32.1 Å². The summed E-state index contributed by atoms with van der Waals surface area (Å²) >= 11 is 0. The van der Waals surface area contributed by atoms with E-state index in [0.29, 0.717) is 35.5 Å². The van der Waals surface area contributed by atoms with Crippen molar-refractivity contribution in [1.29, 1.82) is 0 Å². The van der Waals surface area contributed by atoms with Crippen LogP contribution in [0, 0.1) is 46.3 Å². The molecule has 0 bridgehead atoms. The normalized spacial score (nSPS) is 51.7. The van der Waals surface area contributed by atoms with Crippen molar-refractivity contribution in [1.82, 2.24) is 0 Å². The van der Waals surface area contributed by atoms with E-state index in [2.05, 4.69) is 20.8 Å². The fourth-order valence-corrected chi connectivity index (χ4v) is 8.73. The zero-order chi connectivity index (χ0) is 20.3. The first kappa shape index (κ1) is 20.7. The van der Waals surface area contributed by atoms with Gasteiger partial charge in [0.15, 0.2) is 0 Å². The topological polar surface area (TPSA) is 77.8 Å². The van der Waals surface area contributed by atoms with Crippen molar-refractivity contribution >= 4 is 5.97 Å². The number of aliphatic carboxylic acids is 1. The Hall–Kier alpha value is -0.610. The largest absolute Gasteiger partial charge is 0.481 e. The predicted molar refractivity (Wildman–Crippen MR) is 109 cm³/mol. The van der Waals surface area contributed by atoms with Crippen LogP contribution in [0.5, 0.6) is 0 Å². The minimum atomic E-state index is -0.684. The minimum Gasteiger partial charge on any atom is -0.481 e. The molecule has 4 saturated carbocycles. The third-order valence-electron chi connectivity index (χ3n) is 10.2. The summed E-state index contributed by atoms with van der Waals surface area (Å²) in [6.45, 7) is 7.16. The molecule has 4 rings (SSSR count). The summed E-state index contributed by atoms with van der Waals surface area (Å²) in [5.41, 5.74) is 0.523. The Labute approximate surface area is 170 Å². The number of carbonyl (C=O) groups is 1. The van der Waals surface area contributed by atoms with E-state index < -0.39 is 5.97 Å². The van der Waals surface area contributed by atoms with Gasteiger partial charge in [-0.3, -0.25) is 4.79 Å². The van der Waals surface area contributed by atoms with Crippen LogP contribution in [0.25, 0.3) is 0 Å². The van der Waals surface area contributed by atoms with Gasteiger partial charge in [-0.25, -0.2) is 0 Å². The Morgan fingerprint density at radius 3 is 2.39 bits per heavy atom. The molecular formula is C24H40O4. The molecule has 0 aromatic carbocycles. The summed E-state index contributed by atoms with van der Waals surface area (Å²) in [6.07, 6.45) is 9.19. The Morgan fingerprint density at radius 1 is 1.00 bits per heavy atom. The summed E-state index contributed by atoms with van der Waals surface area (Å²) in [5, 5.41) is 30.5. The first-order chi connectivity index (χ1) is 13.2. The molecule has 0 saturated heterocycles. The van der Waals surface area contributed by atoms with Gasteiger partial charge < -0.3 is 15.3 Å². The molecule has 0 amide bonds. The van der Waals surface area contributed by atoms with Gasteiger partial charge in [0, 0.05) is 6.42 Å². The van der Waals surface area contributed by atoms with E-state index in [1.54, 1.807) is 0 Å². The van der Waals surface area contributed by atoms with E-state index in [4.69, 9.17) is 5.11 Å². The van der Waals surface area contributed by atoms with Gasteiger partial charge >= 0.3 is 5.97 Å². The lowest BCUT2D eigenvalue weighted by Gasteiger charge is -2.62. The maximum atomic E-state index is 11.2. The summed E-state index contributed by atoms with van der Waals surface area (Å²) < 4.78 is 0. The molecule has 0 heterocycles. The summed E-state index contributed by atoms with van der Waals surface area (Å²) in [6, 6.07) is 0. The van der Waals surface area contributed by atoms with Crippen molar-refractivity contribution in [2.24, 2.45) is 46.3 Å². The number of carboxylic acids is 1. The summed E-state index contributed by atoms with van der Waals surface area (Å²) in [7, 11) is 0. The summed E-state index contributed by atoms with van der Waals surface area (Å²) in [5.74, 6) is 2.36. The van der Waals surface area contributed by atoms with Crippen molar-refractivity contribution < 1.29 is 20.1 Å². The van der Waals surface area contributed by atoms with E-state index in [1.807, 2.05) is 0 Å².